The SMILES string of the molecule is C=CC(=O)NC1CCC(C)C1C. The number of rotatable bonds is 2. The van der Waals surface area contributed by atoms with Crippen LogP contribution in [0.15, 0.2) is 12.7 Å². The Morgan fingerprint density at radius 3 is 2.58 bits per heavy atom. The summed E-state index contributed by atoms with van der Waals surface area (Å²) in [5.41, 5.74) is 0. The number of hydrogen-bond acceptors (Lipinski definition) is 1. The summed E-state index contributed by atoms with van der Waals surface area (Å²) in [5.74, 6) is 1.30. The van der Waals surface area contributed by atoms with E-state index in [1.165, 1.54) is 12.5 Å². The fraction of sp³-hybridized carbons (Fsp3) is 0.700. The topological polar surface area (TPSA) is 29.1 Å². The lowest BCUT2D eigenvalue weighted by atomic mass is 9.98. The largest absolute Gasteiger partial charge is 0.350 e. The molecule has 3 atom stereocenters. The summed E-state index contributed by atoms with van der Waals surface area (Å²) in [6.07, 6.45) is 3.68. The van der Waals surface area contributed by atoms with Crippen molar-refractivity contribution in [1.29, 1.82) is 0 Å². The highest BCUT2D eigenvalue weighted by molar-refractivity contribution is 5.87. The van der Waals surface area contributed by atoms with Crippen molar-refractivity contribution >= 4 is 5.91 Å². The first kappa shape index (κ1) is 9.30. The summed E-state index contributed by atoms with van der Waals surface area (Å²) >= 11 is 0. The van der Waals surface area contributed by atoms with Crippen LogP contribution in [-0.4, -0.2) is 11.9 Å². The molecule has 12 heavy (non-hydrogen) atoms. The van der Waals surface area contributed by atoms with E-state index in [2.05, 4.69) is 25.7 Å². The van der Waals surface area contributed by atoms with Gasteiger partial charge in [0.05, 0.1) is 0 Å². The molecule has 68 valence electrons. The molecule has 1 amide bonds. The average molecular weight is 167 g/mol. The van der Waals surface area contributed by atoms with Crippen LogP contribution in [0.5, 0.6) is 0 Å². The first-order valence-corrected chi connectivity index (χ1v) is 4.58. The molecule has 3 unspecified atom stereocenters. The van der Waals surface area contributed by atoms with Crippen molar-refractivity contribution in [3.63, 3.8) is 0 Å². The highest BCUT2D eigenvalue weighted by atomic mass is 16.1. The summed E-state index contributed by atoms with van der Waals surface area (Å²) in [4.78, 5) is 11.0. The Morgan fingerprint density at radius 1 is 1.50 bits per heavy atom. The van der Waals surface area contributed by atoms with Gasteiger partial charge in [-0.3, -0.25) is 4.79 Å². The molecule has 0 spiro atoms. The van der Waals surface area contributed by atoms with Gasteiger partial charge in [0, 0.05) is 6.04 Å². The molecule has 1 saturated carbocycles. The zero-order valence-corrected chi connectivity index (χ0v) is 7.84. The predicted molar refractivity (Wildman–Crippen MR) is 49.7 cm³/mol. The van der Waals surface area contributed by atoms with Gasteiger partial charge in [-0.25, -0.2) is 0 Å². The zero-order chi connectivity index (χ0) is 9.14. The van der Waals surface area contributed by atoms with Crippen molar-refractivity contribution < 1.29 is 4.79 Å². The molecule has 2 nitrogen and oxygen atoms in total. The van der Waals surface area contributed by atoms with Crippen molar-refractivity contribution in [2.45, 2.75) is 32.7 Å². The highest BCUT2D eigenvalue weighted by Gasteiger charge is 2.29. The van der Waals surface area contributed by atoms with Crippen molar-refractivity contribution in [3.05, 3.63) is 12.7 Å². The maximum absolute atomic E-state index is 11.0. The molecule has 1 aliphatic rings. The van der Waals surface area contributed by atoms with Gasteiger partial charge in [0.15, 0.2) is 0 Å². The molecule has 0 saturated heterocycles. The van der Waals surface area contributed by atoms with Gasteiger partial charge < -0.3 is 5.32 Å². The van der Waals surface area contributed by atoms with E-state index >= 15 is 0 Å². The molecule has 2 heteroatoms. The Balaban J connectivity index is 2.43. The van der Waals surface area contributed by atoms with Crippen molar-refractivity contribution in [1.82, 2.24) is 5.32 Å². The summed E-state index contributed by atoms with van der Waals surface area (Å²) < 4.78 is 0. The fourth-order valence-corrected chi connectivity index (χ4v) is 1.81. The van der Waals surface area contributed by atoms with Crippen LogP contribution in [0.1, 0.15) is 26.7 Å². The van der Waals surface area contributed by atoms with E-state index < -0.39 is 0 Å². The van der Waals surface area contributed by atoms with Gasteiger partial charge in [0.25, 0.3) is 0 Å². The molecule has 0 bridgehead atoms. The van der Waals surface area contributed by atoms with Gasteiger partial charge in [-0.15, -0.1) is 0 Å². The van der Waals surface area contributed by atoms with E-state index in [9.17, 15) is 4.79 Å². The molecule has 1 N–H and O–H groups in total. The molecule has 0 heterocycles. The maximum atomic E-state index is 11.0. The Bertz CT molecular complexity index is 188. The first-order chi connectivity index (χ1) is 5.65. The Hall–Kier alpha value is -0.790. The minimum absolute atomic E-state index is 0.0408. The lowest BCUT2D eigenvalue weighted by molar-refractivity contribution is -0.117. The zero-order valence-electron chi connectivity index (χ0n) is 7.84. The van der Waals surface area contributed by atoms with E-state index in [1.54, 1.807) is 0 Å². The van der Waals surface area contributed by atoms with Crippen LogP contribution in [0.4, 0.5) is 0 Å². The monoisotopic (exact) mass is 167 g/mol. The molecule has 0 aromatic carbocycles. The fourth-order valence-electron chi connectivity index (χ4n) is 1.81. The number of hydrogen-bond donors (Lipinski definition) is 1. The summed E-state index contributed by atoms with van der Waals surface area (Å²) in [5, 5.41) is 2.95. The summed E-state index contributed by atoms with van der Waals surface area (Å²) in [6.45, 7) is 7.88. The normalized spacial score (nSPS) is 34.7. The smallest absolute Gasteiger partial charge is 0.243 e. The summed E-state index contributed by atoms with van der Waals surface area (Å²) in [6, 6.07) is 0.366. The third-order valence-electron chi connectivity index (χ3n) is 2.98. The Labute approximate surface area is 74.0 Å². The molecule has 1 rings (SSSR count). The van der Waals surface area contributed by atoms with E-state index in [0.29, 0.717) is 12.0 Å². The molecule has 0 aromatic rings. The standard InChI is InChI=1S/C10H17NO/c1-4-10(12)11-9-6-5-7(2)8(9)3/h4,7-9H,1,5-6H2,2-3H3,(H,11,12). The van der Waals surface area contributed by atoms with Crippen molar-refractivity contribution in [2.24, 2.45) is 11.8 Å². The van der Waals surface area contributed by atoms with Gasteiger partial charge in [0.1, 0.15) is 0 Å². The quantitative estimate of drug-likeness (QED) is 0.623. The van der Waals surface area contributed by atoms with Crippen molar-refractivity contribution in [3.8, 4) is 0 Å². The highest BCUT2D eigenvalue weighted by Crippen LogP contribution is 2.30. The van der Waals surface area contributed by atoms with E-state index in [-0.39, 0.29) is 5.91 Å². The lowest BCUT2D eigenvalue weighted by Gasteiger charge is -2.18. The van der Waals surface area contributed by atoms with Crippen LogP contribution in [-0.2, 0) is 4.79 Å². The molecule has 0 aliphatic heterocycles. The van der Waals surface area contributed by atoms with Gasteiger partial charge in [-0.1, -0.05) is 20.4 Å². The van der Waals surface area contributed by atoms with Gasteiger partial charge >= 0.3 is 0 Å². The second kappa shape index (κ2) is 3.74. The van der Waals surface area contributed by atoms with Crippen LogP contribution in [0.25, 0.3) is 0 Å². The van der Waals surface area contributed by atoms with E-state index in [1.807, 2.05) is 0 Å². The minimum atomic E-state index is -0.0408. The van der Waals surface area contributed by atoms with Crippen LogP contribution in [0.2, 0.25) is 0 Å². The van der Waals surface area contributed by atoms with Crippen molar-refractivity contribution in [2.75, 3.05) is 0 Å². The Kier molecular flexibility index (Phi) is 2.90. The van der Waals surface area contributed by atoms with Crippen LogP contribution in [0, 0.1) is 11.8 Å². The minimum Gasteiger partial charge on any atom is -0.350 e. The number of amides is 1. The van der Waals surface area contributed by atoms with Gasteiger partial charge in [0.2, 0.25) is 5.91 Å². The van der Waals surface area contributed by atoms with E-state index in [4.69, 9.17) is 0 Å². The molecule has 1 fully saturated rings. The van der Waals surface area contributed by atoms with Crippen LogP contribution >= 0.6 is 0 Å². The predicted octanol–water partition coefficient (Wildman–Crippen LogP) is 1.72. The van der Waals surface area contributed by atoms with Gasteiger partial charge in [-0.05, 0) is 30.8 Å². The summed E-state index contributed by atoms with van der Waals surface area (Å²) in [7, 11) is 0. The number of carbonyl (C=O) groups excluding carboxylic acids is 1. The molecular weight excluding hydrogens is 150 g/mol. The molecular formula is C10H17NO. The van der Waals surface area contributed by atoms with Crippen LogP contribution < -0.4 is 5.32 Å². The average Bonchev–Trinajstić information content (AvgIpc) is 2.36. The third kappa shape index (κ3) is 1.87. The second-order valence-electron chi connectivity index (χ2n) is 3.73. The molecule has 1 aliphatic carbocycles. The molecule has 0 radical (unpaired) electrons. The molecule has 0 aromatic heterocycles. The second-order valence-corrected chi connectivity index (χ2v) is 3.73. The number of nitrogens with one attached hydrogen (secondary N) is 1. The van der Waals surface area contributed by atoms with Gasteiger partial charge in [-0.2, -0.15) is 0 Å². The third-order valence-corrected chi connectivity index (χ3v) is 2.98. The Morgan fingerprint density at radius 2 is 2.17 bits per heavy atom. The lowest BCUT2D eigenvalue weighted by Crippen LogP contribution is -2.36. The number of carbonyl (C=O) groups is 1. The first-order valence-electron chi connectivity index (χ1n) is 4.58. The van der Waals surface area contributed by atoms with Crippen LogP contribution in [0.3, 0.4) is 0 Å². The van der Waals surface area contributed by atoms with E-state index in [0.717, 1.165) is 12.3 Å². The maximum Gasteiger partial charge on any atom is 0.243 e.